The number of anilines is 1. The topological polar surface area (TPSA) is 35.6 Å². The Balaban J connectivity index is 1.41. The van der Waals surface area contributed by atoms with Crippen molar-refractivity contribution < 1.29 is 4.79 Å². The van der Waals surface area contributed by atoms with Crippen molar-refractivity contribution >= 4 is 23.4 Å². The van der Waals surface area contributed by atoms with Crippen LogP contribution in [0.25, 0.3) is 0 Å². The second kappa shape index (κ2) is 9.12. The van der Waals surface area contributed by atoms with Gasteiger partial charge in [-0.3, -0.25) is 4.79 Å². The van der Waals surface area contributed by atoms with E-state index in [9.17, 15) is 4.79 Å². The van der Waals surface area contributed by atoms with Gasteiger partial charge in [-0.05, 0) is 43.0 Å². The number of likely N-dealkylation sites (N-methyl/N-ethyl adjacent to an activating group) is 1. The van der Waals surface area contributed by atoms with E-state index in [1.165, 1.54) is 48.6 Å². The van der Waals surface area contributed by atoms with Crippen molar-refractivity contribution in [2.24, 2.45) is 0 Å². The number of nitrogens with one attached hydrogen (secondary N) is 1. The fourth-order valence-electron chi connectivity index (χ4n) is 4.10. The Morgan fingerprint density at radius 3 is 2.61 bits per heavy atom. The van der Waals surface area contributed by atoms with Gasteiger partial charge in [-0.2, -0.15) is 0 Å². The molecule has 1 amide bonds. The van der Waals surface area contributed by atoms with E-state index in [1.807, 2.05) is 17.8 Å². The van der Waals surface area contributed by atoms with Crippen LogP contribution in [0.15, 0.2) is 53.4 Å². The van der Waals surface area contributed by atoms with Gasteiger partial charge in [-0.1, -0.05) is 42.5 Å². The average molecular weight is 396 g/mol. The summed E-state index contributed by atoms with van der Waals surface area (Å²) in [5.41, 5.74) is 3.49. The van der Waals surface area contributed by atoms with E-state index in [0.717, 1.165) is 18.0 Å². The number of piperazine rings is 1. The molecule has 2 aliphatic rings. The first-order valence-corrected chi connectivity index (χ1v) is 11.2. The Morgan fingerprint density at radius 2 is 1.82 bits per heavy atom. The van der Waals surface area contributed by atoms with Gasteiger partial charge < -0.3 is 15.1 Å². The van der Waals surface area contributed by atoms with Gasteiger partial charge in [0.05, 0.1) is 5.69 Å². The molecule has 28 heavy (non-hydrogen) atoms. The molecule has 2 aromatic rings. The summed E-state index contributed by atoms with van der Waals surface area (Å²) in [6.07, 6.45) is 1.70. The second-order valence-electron chi connectivity index (χ2n) is 7.78. The van der Waals surface area contributed by atoms with E-state index in [1.54, 1.807) is 0 Å². The summed E-state index contributed by atoms with van der Waals surface area (Å²) in [4.78, 5) is 18.6. The lowest BCUT2D eigenvalue weighted by molar-refractivity contribution is -0.116. The second-order valence-corrected chi connectivity index (χ2v) is 8.92. The molecule has 1 fully saturated rings. The molecule has 5 heteroatoms. The summed E-state index contributed by atoms with van der Waals surface area (Å²) >= 11 is 1.87. The van der Waals surface area contributed by atoms with Crippen molar-refractivity contribution in [3.63, 3.8) is 0 Å². The molecule has 1 saturated heterocycles. The van der Waals surface area contributed by atoms with Crippen molar-refractivity contribution in [2.45, 2.75) is 23.7 Å². The van der Waals surface area contributed by atoms with Gasteiger partial charge in [0, 0.05) is 43.4 Å². The highest BCUT2D eigenvalue weighted by molar-refractivity contribution is 7.99. The number of hydrogen-bond acceptors (Lipinski definition) is 4. The van der Waals surface area contributed by atoms with Crippen LogP contribution < -0.4 is 5.32 Å². The van der Waals surface area contributed by atoms with E-state index >= 15 is 0 Å². The number of nitrogens with zero attached hydrogens (tertiary/aromatic N) is 2. The van der Waals surface area contributed by atoms with Crippen LogP contribution in [-0.2, 0) is 4.79 Å². The monoisotopic (exact) mass is 395 g/mol. The molecule has 2 heterocycles. The molecule has 0 saturated carbocycles. The molecule has 2 aromatic carbocycles. The number of amides is 1. The minimum atomic E-state index is 0.117. The van der Waals surface area contributed by atoms with Crippen LogP contribution in [0, 0.1) is 0 Å². The highest BCUT2D eigenvalue weighted by Gasteiger charge is 2.28. The third kappa shape index (κ3) is 4.59. The first kappa shape index (κ1) is 19.5. The minimum absolute atomic E-state index is 0.117. The lowest BCUT2D eigenvalue weighted by Crippen LogP contribution is -2.44. The fraction of sp³-hybridized carbons (Fsp3) is 0.435. The average Bonchev–Trinajstić information content (AvgIpc) is 2.73. The number of carbonyl (C=O) groups excluding carboxylic acids is 1. The van der Waals surface area contributed by atoms with Crippen LogP contribution in [0.4, 0.5) is 5.69 Å². The summed E-state index contributed by atoms with van der Waals surface area (Å²) in [6, 6.07) is 16.8. The third-order valence-electron chi connectivity index (χ3n) is 5.76. The molecule has 148 valence electrons. The van der Waals surface area contributed by atoms with Crippen LogP contribution >= 0.6 is 11.8 Å². The highest BCUT2D eigenvalue weighted by Crippen LogP contribution is 2.41. The first-order valence-electron chi connectivity index (χ1n) is 10.2. The fourth-order valence-corrected chi connectivity index (χ4v) is 5.08. The number of thioether (sulfide) groups is 1. The standard InChI is InChI=1S/C23H29N3OS/c1-25-12-14-26(15-13-25)11-6-16-28-21-10-5-9-19-20(17-22(27)24-23(19)21)18-7-3-2-4-8-18/h2-5,7-10,20H,6,11-17H2,1H3,(H,24,27). The largest absolute Gasteiger partial charge is 0.325 e. The van der Waals surface area contributed by atoms with E-state index in [2.05, 4.69) is 64.6 Å². The molecule has 4 rings (SSSR count). The van der Waals surface area contributed by atoms with Crippen molar-refractivity contribution in [3.05, 3.63) is 59.7 Å². The maximum atomic E-state index is 12.4. The molecule has 0 radical (unpaired) electrons. The maximum absolute atomic E-state index is 12.4. The van der Waals surface area contributed by atoms with E-state index in [0.29, 0.717) is 6.42 Å². The number of fused-ring (bicyclic) bond motifs is 1. The lowest BCUT2D eigenvalue weighted by atomic mass is 9.85. The lowest BCUT2D eigenvalue weighted by Gasteiger charge is -2.32. The third-order valence-corrected chi connectivity index (χ3v) is 6.91. The maximum Gasteiger partial charge on any atom is 0.225 e. The number of rotatable bonds is 6. The first-order chi connectivity index (χ1) is 13.7. The molecule has 0 bridgehead atoms. The van der Waals surface area contributed by atoms with Gasteiger partial charge >= 0.3 is 0 Å². The van der Waals surface area contributed by atoms with Crippen molar-refractivity contribution in [1.82, 2.24) is 9.80 Å². The van der Waals surface area contributed by atoms with Crippen molar-refractivity contribution in [3.8, 4) is 0 Å². The zero-order valence-corrected chi connectivity index (χ0v) is 17.4. The number of hydrogen-bond donors (Lipinski definition) is 1. The zero-order valence-electron chi connectivity index (χ0n) is 16.6. The minimum Gasteiger partial charge on any atom is -0.325 e. The predicted octanol–water partition coefficient (Wildman–Crippen LogP) is 3.89. The molecule has 4 nitrogen and oxygen atoms in total. The van der Waals surface area contributed by atoms with Crippen LogP contribution in [0.3, 0.4) is 0 Å². The van der Waals surface area contributed by atoms with Crippen LogP contribution in [0.1, 0.15) is 29.9 Å². The molecule has 0 aliphatic carbocycles. The Bertz CT molecular complexity index is 803. The molecule has 0 spiro atoms. The van der Waals surface area contributed by atoms with E-state index in [-0.39, 0.29) is 11.8 Å². The zero-order chi connectivity index (χ0) is 19.3. The number of para-hydroxylation sites is 1. The Kier molecular flexibility index (Phi) is 6.35. The molecular weight excluding hydrogens is 366 g/mol. The van der Waals surface area contributed by atoms with Gasteiger partial charge in [0.1, 0.15) is 0 Å². The predicted molar refractivity (Wildman–Crippen MR) is 117 cm³/mol. The molecule has 2 aliphatic heterocycles. The summed E-state index contributed by atoms with van der Waals surface area (Å²) in [5.74, 6) is 1.34. The molecule has 1 atom stereocenters. The molecule has 0 aromatic heterocycles. The number of benzene rings is 2. The van der Waals surface area contributed by atoms with Crippen LogP contribution in [0.5, 0.6) is 0 Å². The Labute approximate surface area is 172 Å². The smallest absolute Gasteiger partial charge is 0.225 e. The quantitative estimate of drug-likeness (QED) is 0.595. The Hall–Kier alpha value is -1.82. The van der Waals surface area contributed by atoms with Gasteiger partial charge in [-0.15, -0.1) is 11.8 Å². The Morgan fingerprint density at radius 1 is 1.04 bits per heavy atom. The van der Waals surface area contributed by atoms with Gasteiger partial charge in [0.2, 0.25) is 5.91 Å². The van der Waals surface area contributed by atoms with Crippen molar-refractivity contribution in [1.29, 1.82) is 0 Å². The van der Waals surface area contributed by atoms with E-state index < -0.39 is 0 Å². The summed E-state index contributed by atoms with van der Waals surface area (Å²) in [5, 5.41) is 3.15. The normalized spacial score (nSPS) is 20.6. The highest BCUT2D eigenvalue weighted by atomic mass is 32.2. The van der Waals surface area contributed by atoms with Gasteiger partial charge in [0.15, 0.2) is 0 Å². The van der Waals surface area contributed by atoms with Gasteiger partial charge in [0.25, 0.3) is 0 Å². The number of carbonyl (C=O) groups is 1. The summed E-state index contributed by atoms with van der Waals surface area (Å²) in [7, 11) is 2.20. The molecular formula is C23H29N3OS. The van der Waals surface area contributed by atoms with E-state index in [4.69, 9.17) is 0 Å². The SMILES string of the molecule is CN1CCN(CCCSc2cccc3c2NC(=O)CC3c2ccccc2)CC1. The molecule has 1 N–H and O–H groups in total. The van der Waals surface area contributed by atoms with Gasteiger partial charge in [-0.25, -0.2) is 0 Å². The van der Waals surface area contributed by atoms with Crippen LogP contribution in [-0.4, -0.2) is 61.2 Å². The summed E-state index contributed by atoms with van der Waals surface area (Å²) in [6.45, 7) is 5.86. The summed E-state index contributed by atoms with van der Waals surface area (Å²) < 4.78 is 0. The van der Waals surface area contributed by atoms with Crippen molar-refractivity contribution in [2.75, 3.05) is 50.8 Å². The van der Waals surface area contributed by atoms with Crippen LogP contribution in [0.2, 0.25) is 0 Å². The molecule has 1 unspecified atom stereocenters.